The zero-order valence-corrected chi connectivity index (χ0v) is 16.2. The van der Waals surface area contributed by atoms with Gasteiger partial charge in [-0.05, 0) is 29.8 Å². The molecular formula is C22H19N3O5. The zero-order valence-electron chi connectivity index (χ0n) is 16.2. The van der Waals surface area contributed by atoms with Crippen LogP contribution in [0.2, 0.25) is 0 Å². The first-order valence-electron chi connectivity index (χ1n) is 9.24. The molecule has 2 N–H and O–H groups in total. The van der Waals surface area contributed by atoms with Crippen molar-refractivity contribution in [2.75, 3.05) is 24.0 Å². The van der Waals surface area contributed by atoms with E-state index in [1.807, 2.05) is 0 Å². The van der Waals surface area contributed by atoms with Crippen LogP contribution in [-0.4, -0.2) is 36.0 Å². The molecule has 152 valence electrons. The molecule has 0 spiro atoms. The second-order valence-electron chi connectivity index (χ2n) is 6.71. The third-order valence-electron chi connectivity index (χ3n) is 4.62. The fourth-order valence-electron chi connectivity index (χ4n) is 3.30. The molecule has 0 aromatic heterocycles. The van der Waals surface area contributed by atoms with E-state index in [1.54, 1.807) is 42.5 Å². The Balaban J connectivity index is 1.72. The monoisotopic (exact) mass is 405 g/mol. The lowest BCUT2D eigenvalue weighted by atomic mass is 10.0. The third kappa shape index (κ3) is 3.50. The first-order valence-corrected chi connectivity index (χ1v) is 9.24. The van der Waals surface area contributed by atoms with Gasteiger partial charge in [-0.25, -0.2) is 0 Å². The molecule has 4 rings (SSSR count). The highest BCUT2D eigenvalue weighted by Crippen LogP contribution is 2.36. The Bertz CT molecular complexity index is 1090. The number of hydrogen-bond acceptors (Lipinski definition) is 6. The number of anilines is 2. The maximum atomic E-state index is 13.0. The standard InChI is InChI=1S/C22H19N3O5/c1-3-10-25-21(27)19(14-4-6-15(7-5-14)23-13(2)26)20(22(25)28)24-16-8-9-17-18(11-16)30-12-29-17/h3-9,11,24H,1,10,12H2,2H3,(H,23,26). The van der Waals surface area contributed by atoms with Crippen molar-refractivity contribution < 1.29 is 23.9 Å². The van der Waals surface area contributed by atoms with Crippen molar-refractivity contribution in [2.45, 2.75) is 6.92 Å². The zero-order chi connectivity index (χ0) is 21.3. The van der Waals surface area contributed by atoms with Crippen molar-refractivity contribution in [2.24, 2.45) is 0 Å². The Kier molecular flexibility index (Phi) is 4.97. The number of rotatable bonds is 6. The third-order valence-corrected chi connectivity index (χ3v) is 4.62. The summed E-state index contributed by atoms with van der Waals surface area (Å²) in [7, 11) is 0. The smallest absolute Gasteiger partial charge is 0.278 e. The van der Waals surface area contributed by atoms with Crippen LogP contribution in [0.25, 0.3) is 5.57 Å². The maximum absolute atomic E-state index is 13.0. The predicted molar refractivity (Wildman–Crippen MR) is 111 cm³/mol. The van der Waals surface area contributed by atoms with Gasteiger partial charge in [0.15, 0.2) is 11.5 Å². The predicted octanol–water partition coefficient (Wildman–Crippen LogP) is 2.75. The number of benzene rings is 2. The Morgan fingerprint density at radius 3 is 2.47 bits per heavy atom. The molecule has 2 heterocycles. The number of fused-ring (bicyclic) bond motifs is 1. The minimum absolute atomic E-state index is 0.0947. The molecular weight excluding hydrogens is 386 g/mol. The van der Waals surface area contributed by atoms with E-state index in [4.69, 9.17) is 9.47 Å². The van der Waals surface area contributed by atoms with Gasteiger partial charge in [-0.15, -0.1) is 6.58 Å². The molecule has 0 atom stereocenters. The molecule has 0 fully saturated rings. The van der Waals surface area contributed by atoms with Crippen LogP contribution >= 0.6 is 0 Å². The van der Waals surface area contributed by atoms with Crippen LogP contribution in [0.3, 0.4) is 0 Å². The van der Waals surface area contributed by atoms with Gasteiger partial charge in [0, 0.05) is 30.9 Å². The van der Waals surface area contributed by atoms with Crippen molar-refractivity contribution in [1.82, 2.24) is 4.90 Å². The largest absolute Gasteiger partial charge is 0.454 e. The molecule has 2 aliphatic heterocycles. The number of carbonyl (C=O) groups excluding carboxylic acids is 3. The second-order valence-corrected chi connectivity index (χ2v) is 6.71. The molecule has 0 bridgehead atoms. The Morgan fingerprint density at radius 2 is 1.77 bits per heavy atom. The summed E-state index contributed by atoms with van der Waals surface area (Å²) in [5, 5.41) is 5.74. The van der Waals surface area contributed by atoms with Gasteiger partial charge in [0.2, 0.25) is 12.7 Å². The van der Waals surface area contributed by atoms with Gasteiger partial charge in [0.25, 0.3) is 11.8 Å². The van der Waals surface area contributed by atoms with Crippen molar-refractivity contribution in [3.8, 4) is 11.5 Å². The van der Waals surface area contributed by atoms with Gasteiger partial charge in [-0.2, -0.15) is 0 Å². The van der Waals surface area contributed by atoms with Gasteiger partial charge < -0.3 is 20.1 Å². The SMILES string of the molecule is C=CCN1C(=O)C(Nc2ccc3c(c2)OCO3)=C(c2ccc(NC(C)=O)cc2)C1=O. The fraction of sp³-hybridized carbons (Fsp3) is 0.136. The van der Waals surface area contributed by atoms with Crippen molar-refractivity contribution in [3.05, 3.63) is 66.4 Å². The molecule has 2 aromatic carbocycles. The number of amides is 3. The molecule has 8 heteroatoms. The van der Waals surface area contributed by atoms with Crippen LogP contribution in [0.1, 0.15) is 12.5 Å². The van der Waals surface area contributed by atoms with Crippen LogP contribution in [0.5, 0.6) is 11.5 Å². The van der Waals surface area contributed by atoms with Crippen molar-refractivity contribution in [3.63, 3.8) is 0 Å². The summed E-state index contributed by atoms with van der Waals surface area (Å²) in [5.41, 5.74) is 2.14. The van der Waals surface area contributed by atoms with Gasteiger partial charge in [-0.1, -0.05) is 18.2 Å². The molecule has 2 aliphatic rings. The molecule has 0 aliphatic carbocycles. The molecule has 3 amide bonds. The quantitative estimate of drug-likeness (QED) is 0.567. The maximum Gasteiger partial charge on any atom is 0.278 e. The minimum atomic E-state index is -0.446. The van der Waals surface area contributed by atoms with E-state index in [9.17, 15) is 14.4 Å². The Morgan fingerprint density at radius 1 is 1.07 bits per heavy atom. The van der Waals surface area contributed by atoms with Gasteiger partial charge >= 0.3 is 0 Å². The first-order chi connectivity index (χ1) is 14.5. The average Bonchev–Trinajstić information content (AvgIpc) is 3.27. The summed E-state index contributed by atoms with van der Waals surface area (Å²) < 4.78 is 10.7. The van der Waals surface area contributed by atoms with Crippen molar-refractivity contribution >= 4 is 34.7 Å². The highest BCUT2D eigenvalue weighted by molar-refractivity contribution is 6.36. The Labute approximate surface area is 172 Å². The van der Waals surface area contributed by atoms with E-state index in [-0.39, 0.29) is 30.5 Å². The molecule has 0 radical (unpaired) electrons. The van der Waals surface area contributed by atoms with Gasteiger partial charge in [0.1, 0.15) is 5.70 Å². The summed E-state index contributed by atoms with van der Waals surface area (Å²) in [6.07, 6.45) is 1.50. The molecule has 30 heavy (non-hydrogen) atoms. The van der Waals surface area contributed by atoms with E-state index in [1.165, 1.54) is 13.0 Å². The van der Waals surface area contributed by atoms with E-state index in [0.29, 0.717) is 28.4 Å². The van der Waals surface area contributed by atoms with E-state index >= 15 is 0 Å². The van der Waals surface area contributed by atoms with Crippen LogP contribution in [-0.2, 0) is 14.4 Å². The van der Waals surface area contributed by atoms with Gasteiger partial charge in [0.05, 0.1) is 5.57 Å². The summed E-state index contributed by atoms with van der Waals surface area (Å²) in [4.78, 5) is 38.3. The lowest BCUT2D eigenvalue weighted by molar-refractivity contribution is -0.136. The van der Waals surface area contributed by atoms with Crippen molar-refractivity contribution in [1.29, 1.82) is 0 Å². The molecule has 0 unspecified atom stereocenters. The minimum Gasteiger partial charge on any atom is -0.454 e. The fourth-order valence-corrected chi connectivity index (χ4v) is 3.30. The normalized spacial score (nSPS) is 14.9. The van der Waals surface area contributed by atoms with Crippen LogP contribution < -0.4 is 20.1 Å². The molecule has 0 saturated carbocycles. The Hall–Kier alpha value is -4.07. The lowest BCUT2D eigenvalue weighted by Gasteiger charge is -2.12. The molecule has 0 saturated heterocycles. The van der Waals surface area contributed by atoms with E-state index < -0.39 is 11.8 Å². The number of nitrogens with zero attached hydrogens (tertiary/aromatic N) is 1. The number of ether oxygens (including phenoxy) is 2. The van der Waals surface area contributed by atoms with Crippen LogP contribution in [0, 0.1) is 0 Å². The highest BCUT2D eigenvalue weighted by Gasteiger charge is 2.38. The topological polar surface area (TPSA) is 97.0 Å². The number of imide groups is 1. The number of nitrogens with one attached hydrogen (secondary N) is 2. The van der Waals surface area contributed by atoms with E-state index in [0.717, 1.165) is 4.90 Å². The molecule has 2 aromatic rings. The summed E-state index contributed by atoms with van der Waals surface area (Å²) in [5.74, 6) is 0.109. The van der Waals surface area contributed by atoms with E-state index in [2.05, 4.69) is 17.2 Å². The first kappa shape index (κ1) is 19.3. The average molecular weight is 405 g/mol. The van der Waals surface area contributed by atoms with Gasteiger partial charge in [-0.3, -0.25) is 19.3 Å². The van der Waals surface area contributed by atoms with Crippen LogP contribution in [0.4, 0.5) is 11.4 Å². The summed E-state index contributed by atoms with van der Waals surface area (Å²) in [6, 6.07) is 11.9. The summed E-state index contributed by atoms with van der Waals surface area (Å²) >= 11 is 0. The number of hydrogen-bond donors (Lipinski definition) is 2. The highest BCUT2D eigenvalue weighted by atomic mass is 16.7. The number of carbonyl (C=O) groups is 3. The summed E-state index contributed by atoms with van der Waals surface area (Å²) in [6.45, 7) is 5.27. The molecule has 8 nitrogen and oxygen atoms in total. The van der Waals surface area contributed by atoms with Crippen LogP contribution in [0.15, 0.2) is 60.8 Å². The second kappa shape index (κ2) is 7.75. The lowest BCUT2D eigenvalue weighted by Crippen LogP contribution is -2.32.